The van der Waals surface area contributed by atoms with Gasteiger partial charge in [-0.1, -0.05) is 38.6 Å². The molecule has 0 heterocycles. The van der Waals surface area contributed by atoms with E-state index in [1.807, 2.05) is 24.3 Å². The molecule has 1 heteroatoms. The maximum absolute atomic E-state index is 4.05. The number of para-hydroxylation sites is 1. The Morgan fingerprint density at radius 3 is 2.46 bits per heavy atom. The topological polar surface area (TPSA) is 12.4 Å². The van der Waals surface area contributed by atoms with E-state index in [9.17, 15) is 0 Å². The Balaban J connectivity index is 3.13. The summed E-state index contributed by atoms with van der Waals surface area (Å²) in [7, 11) is 0. The first-order valence-electron chi connectivity index (χ1n) is 4.41. The first-order valence-corrected chi connectivity index (χ1v) is 4.41. The first-order chi connectivity index (χ1) is 6.16. The molecule has 1 rings (SSSR count). The van der Waals surface area contributed by atoms with Gasteiger partial charge in [0.15, 0.2) is 0 Å². The highest BCUT2D eigenvalue weighted by Gasteiger charge is 2.06. The third-order valence-corrected chi connectivity index (χ3v) is 2.12. The van der Waals surface area contributed by atoms with Crippen LogP contribution in [-0.4, -0.2) is 6.72 Å². The lowest BCUT2D eigenvalue weighted by Crippen LogP contribution is -1.91. The van der Waals surface area contributed by atoms with Crippen LogP contribution in [-0.2, 0) is 0 Å². The van der Waals surface area contributed by atoms with Gasteiger partial charge in [-0.05, 0) is 24.3 Å². The van der Waals surface area contributed by atoms with Crippen LogP contribution in [0.4, 0.5) is 5.69 Å². The molecule has 0 aliphatic heterocycles. The summed E-state index contributed by atoms with van der Waals surface area (Å²) in [4.78, 5) is 3.96. The second kappa shape index (κ2) is 4.04. The Morgan fingerprint density at radius 2 is 1.92 bits per heavy atom. The second-order valence-electron chi connectivity index (χ2n) is 3.36. The molecule has 0 unspecified atom stereocenters. The predicted molar refractivity (Wildman–Crippen MR) is 59.5 cm³/mol. The van der Waals surface area contributed by atoms with Gasteiger partial charge in [-0.3, -0.25) is 4.99 Å². The molecule has 68 valence electrons. The van der Waals surface area contributed by atoms with Gasteiger partial charge in [-0.2, -0.15) is 0 Å². The quantitative estimate of drug-likeness (QED) is 0.618. The standard InChI is InChI=1S/C12H15N/c1-9(2)10(3)11-7-5-6-8-12(11)13-4/h5-9H,3-4H2,1-2H3. The zero-order valence-electron chi connectivity index (χ0n) is 8.25. The van der Waals surface area contributed by atoms with Crippen molar-refractivity contribution in [3.63, 3.8) is 0 Å². The van der Waals surface area contributed by atoms with Crippen molar-refractivity contribution in [2.24, 2.45) is 10.9 Å². The van der Waals surface area contributed by atoms with Gasteiger partial charge in [0.05, 0.1) is 5.69 Å². The highest BCUT2D eigenvalue weighted by molar-refractivity contribution is 5.75. The number of nitrogens with zero attached hydrogens (tertiary/aromatic N) is 1. The maximum Gasteiger partial charge on any atom is 0.0697 e. The van der Waals surface area contributed by atoms with E-state index in [-0.39, 0.29) is 0 Å². The van der Waals surface area contributed by atoms with Crippen molar-refractivity contribution in [1.82, 2.24) is 0 Å². The van der Waals surface area contributed by atoms with Crippen molar-refractivity contribution in [2.75, 3.05) is 0 Å². The summed E-state index contributed by atoms with van der Waals surface area (Å²) in [6.07, 6.45) is 0. The molecule has 0 bridgehead atoms. The molecule has 0 saturated carbocycles. The van der Waals surface area contributed by atoms with Crippen LogP contribution in [0.3, 0.4) is 0 Å². The van der Waals surface area contributed by atoms with Crippen LogP contribution < -0.4 is 0 Å². The smallest absolute Gasteiger partial charge is 0.0697 e. The monoisotopic (exact) mass is 173 g/mol. The van der Waals surface area contributed by atoms with Crippen molar-refractivity contribution in [3.8, 4) is 0 Å². The Hall–Kier alpha value is -1.37. The van der Waals surface area contributed by atoms with Gasteiger partial charge in [0, 0.05) is 5.56 Å². The molecule has 0 saturated heterocycles. The minimum absolute atomic E-state index is 0.447. The van der Waals surface area contributed by atoms with Crippen molar-refractivity contribution >= 4 is 18.0 Å². The van der Waals surface area contributed by atoms with E-state index in [0.717, 1.165) is 16.8 Å². The van der Waals surface area contributed by atoms with E-state index in [2.05, 4.69) is 32.1 Å². The lowest BCUT2D eigenvalue weighted by Gasteiger charge is -2.11. The third kappa shape index (κ3) is 2.05. The van der Waals surface area contributed by atoms with Crippen LogP contribution in [0.5, 0.6) is 0 Å². The van der Waals surface area contributed by atoms with Gasteiger partial charge in [0.25, 0.3) is 0 Å². The molecule has 1 aromatic rings. The molecule has 0 spiro atoms. The van der Waals surface area contributed by atoms with Gasteiger partial charge in [-0.25, -0.2) is 0 Å². The number of rotatable bonds is 3. The van der Waals surface area contributed by atoms with Gasteiger partial charge in [0.2, 0.25) is 0 Å². The van der Waals surface area contributed by atoms with E-state index in [0.29, 0.717) is 5.92 Å². The van der Waals surface area contributed by atoms with Gasteiger partial charge < -0.3 is 0 Å². The molecule has 1 aromatic carbocycles. The number of benzene rings is 1. The SMILES string of the molecule is C=Nc1ccccc1C(=C)C(C)C. The van der Waals surface area contributed by atoms with E-state index < -0.39 is 0 Å². The molecule has 13 heavy (non-hydrogen) atoms. The summed E-state index contributed by atoms with van der Waals surface area (Å²) < 4.78 is 0. The summed E-state index contributed by atoms with van der Waals surface area (Å²) in [5, 5.41) is 0. The lowest BCUT2D eigenvalue weighted by atomic mass is 9.96. The zero-order chi connectivity index (χ0) is 9.84. The highest BCUT2D eigenvalue weighted by atomic mass is 14.7. The molecule has 0 amide bonds. The second-order valence-corrected chi connectivity index (χ2v) is 3.36. The van der Waals surface area contributed by atoms with Crippen LogP contribution in [0.2, 0.25) is 0 Å². The molecule has 0 aromatic heterocycles. The molecule has 0 atom stereocenters. The van der Waals surface area contributed by atoms with E-state index >= 15 is 0 Å². The summed E-state index contributed by atoms with van der Waals surface area (Å²) in [6.45, 7) is 11.8. The van der Waals surface area contributed by atoms with Gasteiger partial charge >= 0.3 is 0 Å². The minimum Gasteiger partial charge on any atom is -0.264 e. The molecule has 1 nitrogen and oxygen atoms in total. The van der Waals surface area contributed by atoms with Crippen molar-refractivity contribution in [1.29, 1.82) is 0 Å². The number of allylic oxidation sites excluding steroid dienone is 1. The maximum atomic E-state index is 4.05. The van der Waals surface area contributed by atoms with Crippen LogP contribution in [0.15, 0.2) is 35.8 Å². The van der Waals surface area contributed by atoms with Gasteiger partial charge in [0.1, 0.15) is 0 Å². The predicted octanol–water partition coefficient (Wildman–Crippen LogP) is 3.69. The van der Waals surface area contributed by atoms with E-state index in [1.165, 1.54) is 0 Å². The average Bonchev–Trinajstić information content (AvgIpc) is 2.16. The summed E-state index contributed by atoms with van der Waals surface area (Å²) >= 11 is 0. The fourth-order valence-corrected chi connectivity index (χ4v) is 1.19. The Morgan fingerprint density at radius 1 is 1.31 bits per heavy atom. The number of hydrogen-bond acceptors (Lipinski definition) is 1. The molecule has 0 aliphatic carbocycles. The van der Waals surface area contributed by atoms with E-state index in [1.54, 1.807) is 0 Å². The van der Waals surface area contributed by atoms with Crippen LogP contribution in [0, 0.1) is 5.92 Å². The zero-order valence-corrected chi connectivity index (χ0v) is 8.25. The molecule has 0 N–H and O–H groups in total. The Bertz CT molecular complexity index is 324. The molecular weight excluding hydrogens is 158 g/mol. The van der Waals surface area contributed by atoms with Crippen LogP contribution >= 0.6 is 0 Å². The third-order valence-electron chi connectivity index (χ3n) is 2.12. The Labute approximate surface area is 79.8 Å². The molecular formula is C12H15N. The number of hydrogen-bond donors (Lipinski definition) is 0. The van der Waals surface area contributed by atoms with Crippen LogP contribution in [0.1, 0.15) is 19.4 Å². The van der Waals surface area contributed by atoms with Crippen molar-refractivity contribution < 1.29 is 0 Å². The van der Waals surface area contributed by atoms with Crippen molar-refractivity contribution in [3.05, 3.63) is 36.4 Å². The molecule has 0 fully saturated rings. The van der Waals surface area contributed by atoms with E-state index in [4.69, 9.17) is 0 Å². The lowest BCUT2D eigenvalue weighted by molar-refractivity contribution is 0.858. The van der Waals surface area contributed by atoms with Crippen LogP contribution in [0.25, 0.3) is 5.57 Å². The minimum atomic E-state index is 0.447. The average molecular weight is 173 g/mol. The summed E-state index contributed by atoms with van der Waals surface area (Å²) in [5.41, 5.74) is 3.14. The van der Waals surface area contributed by atoms with Crippen molar-refractivity contribution in [2.45, 2.75) is 13.8 Å². The fraction of sp³-hybridized carbons (Fsp3) is 0.250. The fourth-order valence-electron chi connectivity index (χ4n) is 1.19. The normalized spacial score (nSPS) is 10.1. The van der Waals surface area contributed by atoms with Gasteiger partial charge in [-0.15, -0.1) is 0 Å². The Kier molecular flexibility index (Phi) is 3.02. The highest BCUT2D eigenvalue weighted by Crippen LogP contribution is 2.29. The molecule has 0 radical (unpaired) electrons. The molecule has 0 aliphatic rings. The summed E-state index contributed by atoms with van der Waals surface area (Å²) in [5.74, 6) is 0.447. The number of aliphatic imine (C=N–C) groups is 1. The summed E-state index contributed by atoms with van der Waals surface area (Å²) in [6, 6.07) is 7.95. The first kappa shape index (κ1) is 9.72. The largest absolute Gasteiger partial charge is 0.264 e.